The van der Waals surface area contributed by atoms with Crippen LogP contribution in [0.1, 0.15) is 6.92 Å². The van der Waals surface area contributed by atoms with E-state index in [0.717, 1.165) is 6.92 Å². The third-order valence-corrected chi connectivity index (χ3v) is 0.908. The number of aromatic nitrogens is 1. The van der Waals surface area contributed by atoms with Gasteiger partial charge in [-0.1, -0.05) is 6.07 Å². The predicted molar refractivity (Wildman–Crippen MR) is 40.9 cm³/mol. The number of pyridine rings is 1. The van der Waals surface area contributed by atoms with Crippen LogP contribution in [-0.4, -0.2) is 22.2 Å². The van der Waals surface area contributed by atoms with Crippen LogP contribution < -0.4 is 5.11 Å². The van der Waals surface area contributed by atoms with Crippen molar-refractivity contribution in [1.82, 2.24) is 4.98 Å². The minimum Gasteiger partial charge on any atom is -0.547 e. The van der Waals surface area contributed by atoms with Crippen LogP contribution in [0.4, 0.5) is 0 Å². The third-order valence-electron chi connectivity index (χ3n) is 0.908. The molecule has 1 N–H and O–H groups in total. The van der Waals surface area contributed by atoms with Crippen LogP contribution in [0.2, 0.25) is 0 Å². The van der Waals surface area contributed by atoms with Crippen molar-refractivity contribution in [3.8, 4) is 0 Å². The van der Waals surface area contributed by atoms with E-state index < -0.39 is 12.1 Å². The summed E-state index contributed by atoms with van der Waals surface area (Å²) < 4.78 is 0. The molecule has 0 aliphatic heterocycles. The second-order valence-corrected chi connectivity index (χ2v) is 2.02. The number of aliphatic hydroxyl groups excluding tert-OH is 1. The molecule has 4 nitrogen and oxygen atoms in total. The predicted octanol–water partition coefficient (Wildman–Crippen LogP) is -0.804. The number of nitrogens with zero attached hydrogens (tertiary/aromatic N) is 1. The van der Waals surface area contributed by atoms with Gasteiger partial charge in [0.25, 0.3) is 0 Å². The SMILES string of the molecule is CC(O)C(=O)[O-].[Ag+].c1ccncc1. The molecule has 1 heterocycles. The molecule has 0 bridgehead atoms. The molecule has 0 radical (unpaired) electrons. The average molecular weight is 276 g/mol. The summed E-state index contributed by atoms with van der Waals surface area (Å²) in [6.45, 7) is 1.13. The number of carboxylic acid groups (broad SMARTS) is 1. The first-order chi connectivity index (χ1) is 5.64. The summed E-state index contributed by atoms with van der Waals surface area (Å²) >= 11 is 0. The van der Waals surface area contributed by atoms with E-state index in [1.54, 1.807) is 12.4 Å². The standard InChI is InChI=1S/C5H5N.C3H6O3.Ag/c1-2-4-6-5-3-1;1-2(4)3(5)6;/h1-5H;2,4H,1H3,(H,5,6);/q;;+1/p-1. The van der Waals surface area contributed by atoms with Crippen LogP contribution in [0.3, 0.4) is 0 Å². The smallest absolute Gasteiger partial charge is 0.547 e. The van der Waals surface area contributed by atoms with Crippen molar-refractivity contribution < 1.29 is 37.4 Å². The third kappa shape index (κ3) is 11.3. The topological polar surface area (TPSA) is 73.2 Å². The van der Waals surface area contributed by atoms with Crippen molar-refractivity contribution in [3.05, 3.63) is 30.6 Å². The van der Waals surface area contributed by atoms with E-state index in [1.807, 2.05) is 18.2 Å². The van der Waals surface area contributed by atoms with E-state index in [9.17, 15) is 9.90 Å². The number of hydrogen-bond donors (Lipinski definition) is 1. The Bertz CT molecular complexity index is 189. The largest absolute Gasteiger partial charge is 1.00 e. The minimum atomic E-state index is -1.44. The van der Waals surface area contributed by atoms with Crippen molar-refractivity contribution in [1.29, 1.82) is 0 Å². The van der Waals surface area contributed by atoms with Gasteiger partial charge >= 0.3 is 22.4 Å². The fourth-order valence-corrected chi connectivity index (χ4v) is 0.313. The molecule has 1 rings (SSSR count). The first-order valence-corrected chi connectivity index (χ1v) is 3.38. The van der Waals surface area contributed by atoms with Crippen LogP contribution in [0, 0.1) is 0 Å². The van der Waals surface area contributed by atoms with E-state index >= 15 is 0 Å². The fraction of sp³-hybridized carbons (Fsp3) is 0.250. The Kier molecular flexibility index (Phi) is 10.7. The summed E-state index contributed by atoms with van der Waals surface area (Å²) in [4.78, 5) is 13.1. The Morgan fingerprint density at radius 3 is 1.85 bits per heavy atom. The minimum absolute atomic E-state index is 0. The van der Waals surface area contributed by atoms with Crippen LogP contribution in [0.15, 0.2) is 30.6 Å². The molecule has 0 spiro atoms. The van der Waals surface area contributed by atoms with Crippen LogP contribution >= 0.6 is 0 Å². The van der Waals surface area contributed by atoms with E-state index in [0.29, 0.717) is 0 Å². The zero-order chi connectivity index (χ0) is 9.40. The molecule has 0 fully saturated rings. The van der Waals surface area contributed by atoms with E-state index in [1.165, 1.54) is 0 Å². The van der Waals surface area contributed by atoms with Crippen LogP contribution in [0.25, 0.3) is 0 Å². The second-order valence-electron chi connectivity index (χ2n) is 2.02. The number of carbonyl (C=O) groups is 1. The maximum Gasteiger partial charge on any atom is 1.00 e. The monoisotopic (exact) mass is 275 g/mol. The Morgan fingerprint density at radius 2 is 1.77 bits per heavy atom. The molecule has 1 atom stereocenters. The van der Waals surface area contributed by atoms with Gasteiger partial charge in [-0.2, -0.15) is 0 Å². The summed E-state index contributed by atoms with van der Waals surface area (Å²) in [5.41, 5.74) is 0. The van der Waals surface area contributed by atoms with Gasteiger partial charge in [0.2, 0.25) is 0 Å². The first kappa shape index (κ1) is 14.8. The van der Waals surface area contributed by atoms with Crippen molar-refractivity contribution in [2.75, 3.05) is 0 Å². The van der Waals surface area contributed by atoms with Gasteiger partial charge in [0.05, 0.1) is 12.1 Å². The summed E-state index contributed by atoms with van der Waals surface area (Å²) in [6.07, 6.45) is 2.16. The molecule has 1 unspecified atom stereocenters. The molecule has 0 amide bonds. The maximum atomic E-state index is 9.34. The van der Waals surface area contributed by atoms with Crippen molar-refractivity contribution in [2.45, 2.75) is 13.0 Å². The van der Waals surface area contributed by atoms with Gasteiger partial charge in [-0.05, 0) is 19.1 Å². The number of aliphatic carboxylic acids is 1. The second kappa shape index (κ2) is 9.41. The van der Waals surface area contributed by atoms with E-state index in [4.69, 9.17) is 5.11 Å². The van der Waals surface area contributed by atoms with Gasteiger partial charge in [-0.3, -0.25) is 4.98 Å². The normalized spacial score (nSPS) is 10.0. The Morgan fingerprint density at radius 1 is 1.38 bits per heavy atom. The van der Waals surface area contributed by atoms with Crippen molar-refractivity contribution in [3.63, 3.8) is 0 Å². The van der Waals surface area contributed by atoms with Crippen molar-refractivity contribution in [2.24, 2.45) is 0 Å². The first-order valence-electron chi connectivity index (χ1n) is 3.38. The molecule has 1 aromatic rings. The van der Waals surface area contributed by atoms with Gasteiger partial charge in [0.15, 0.2) is 0 Å². The van der Waals surface area contributed by atoms with Crippen molar-refractivity contribution >= 4 is 5.97 Å². The van der Waals surface area contributed by atoms with E-state index in [-0.39, 0.29) is 22.4 Å². The molecule has 76 valence electrons. The Labute approximate surface area is 92.1 Å². The van der Waals surface area contributed by atoms with Gasteiger partial charge in [0, 0.05) is 12.4 Å². The zero-order valence-electron chi connectivity index (χ0n) is 6.98. The summed E-state index contributed by atoms with van der Waals surface area (Å²) in [5, 5.41) is 17.3. The van der Waals surface area contributed by atoms with Gasteiger partial charge in [0.1, 0.15) is 0 Å². The molecule has 0 saturated heterocycles. The molecular formula is C8H10AgNO3. The van der Waals surface area contributed by atoms with Gasteiger partial charge < -0.3 is 15.0 Å². The van der Waals surface area contributed by atoms with Gasteiger partial charge in [-0.15, -0.1) is 0 Å². The summed E-state index contributed by atoms with van der Waals surface area (Å²) in [6, 6.07) is 5.72. The van der Waals surface area contributed by atoms with Gasteiger partial charge in [-0.25, -0.2) is 0 Å². The average Bonchev–Trinajstić information content (AvgIpc) is 2.08. The molecule has 0 aromatic carbocycles. The summed E-state index contributed by atoms with van der Waals surface area (Å²) in [7, 11) is 0. The number of rotatable bonds is 1. The van der Waals surface area contributed by atoms with E-state index in [2.05, 4.69) is 4.98 Å². The molecule has 0 aliphatic carbocycles. The molecule has 5 heteroatoms. The molecule has 0 aliphatic rings. The number of hydrogen-bond acceptors (Lipinski definition) is 4. The molecule has 13 heavy (non-hydrogen) atoms. The van der Waals surface area contributed by atoms with Crippen LogP contribution in [-0.2, 0) is 27.2 Å². The summed E-state index contributed by atoms with van der Waals surface area (Å²) in [5.74, 6) is -1.44. The number of carboxylic acids is 1. The maximum absolute atomic E-state index is 9.34. The number of carbonyl (C=O) groups excluding carboxylic acids is 1. The molecule has 1 aromatic heterocycles. The molecular weight excluding hydrogens is 266 g/mol. The quantitative estimate of drug-likeness (QED) is 0.681. The fourth-order valence-electron chi connectivity index (χ4n) is 0.313. The Hall–Kier alpha value is -0.680. The number of aliphatic hydroxyl groups is 1. The van der Waals surface area contributed by atoms with Crippen LogP contribution in [0.5, 0.6) is 0 Å². The Balaban J connectivity index is 0. The zero-order valence-corrected chi connectivity index (χ0v) is 8.46. The molecule has 0 saturated carbocycles.